The molecule has 20 atom stereocenters. The highest BCUT2D eigenvalue weighted by molar-refractivity contribution is 7.83. The Morgan fingerprint density at radius 3 is 1.45 bits per heavy atom. The number of rotatable bonds is 22. The Kier molecular flexibility index (Phi) is 23.1. The van der Waals surface area contributed by atoms with Crippen LogP contribution in [-0.2, 0) is 116 Å². The first-order valence-corrected chi connectivity index (χ1v) is 29.2. The van der Waals surface area contributed by atoms with Crippen LogP contribution < -0.4 is 10.0 Å². The molecule has 4 aliphatic heterocycles. The molecule has 0 bridgehead atoms. The average Bonchev–Trinajstić information content (AvgIpc) is 2.52. The Morgan fingerprint density at radius 1 is 0.537 bits per heavy atom. The van der Waals surface area contributed by atoms with Gasteiger partial charge in [-0.1, -0.05) is 12.1 Å². The fraction of sp³-hybridized carbons (Fsp3) is 0.639. The van der Waals surface area contributed by atoms with Crippen molar-refractivity contribution < 1.29 is 170 Å². The van der Waals surface area contributed by atoms with Crippen LogP contribution in [0.2, 0.25) is 0 Å². The smallest absolute Gasteiger partial charge is 0.397 e. The number of nitrogens with one attached hydrogen (secondary N) is 2. The van der Waals surface area contributed by atoms with Gasteiger partial charge in [0.2, 0.25) is 5.91 Å². The molecule has 2 aromatic heterocycles. The summed E-state index contributed by atoms with van der Waals surface area (Å²) in [7, 11) is -29.1. The Bertz CT molecular complexity index is 3040. The molecule has 1 amide bonds. The number of ether oxygens (including phenoxy) is 7. The second-order valence-electron chi connectivity index (χ2n) is 17.0. The van der Waals surface area contributed by atoms with Crippen molar-refractivity contribution in [1.29, 1.82) is 0 Å². The number of hydrogen-bond acceptors (Lipinski definition) is 32. The van der Waals surface area contributed by atoms with Gasteiger partial charge >= 0.3 is 63.8 Å². The van der Waals surface area contributed by atoms with E-state index in [1.807, 2.05) is 41.7 Å². The lowest BCUT2D eigenvalue weighted by Crippen LogP contribution is -2.71. The first kappa shape index (κ1) is 68.3. The molecule has 0 saturated carbocycles. The van der Waals surface area contributed by atoms with Gasteiger partial charge in [0.15, 0.2) is 49.6 Å². The van der Waals surface area contributed by atoms with E-state index in [0.29, 0.717) is 0 Å². The number of aliphatic hydroxyl groups excluding tert-OH is 6. The van der Waals surface area contributed by atoms with E-state index >= 15 is 0 Å². The van der Waals surface area contributed by atoms with E-state index in [0.717, 1.165) is 18.3 Å². The molecule has 0 radical (unpaired) electrons. The van der Waals surface area contributed by atoms with E-state index in [2.05, 4.69) is 26.7 Å². The number of hydrogen-bond donors (Lipinski definition) is 15. The van der Waals surface area contributed by atoms with E-state index < -0.39 is 206 Å². The van der Waals surface area contributed by atoms with Gasteiger partial charge in [0.05, 0.1) is 24.6 Å². The first-order valence-electron chi connectivity index (χ1n) is 22.3. The van der Waals surface area contributed by atoms with Crippen LogP contribution in [0.25, 0.3) is 11.4 Å². The maximum atomic E-state index is 12.7. The standard InChI is InChI=1S/C26H42N2O37S5.C10H8N2/c1-4(30)27-7-9(31)13(6(56-23(7)39)3-55-67(43,44)45)58-26-19(65-70(52,53)54)12(34)16(20(62-26)22(37)38)60-24-8(28-66(40,41)42)15(63-68(46,47)48)14(5(2-29)57-24)59-25-18(64-69(49,50)51)11(33)10(32)17(61-25)21(35)36;1-3-7-11-9(5-1)10-6-2-4-8-12-10/h5-20,23-26,28-29,31-34,39H,2-3H2,1H3,(H,27,30)(H,35,36)(H,37,38)(H,40,41,42)(H,43,44,45)(H,46,47,48)(H,49,50,51)(H,52,53,54);1-8H/t5-,6+,7-,8-,9-,10-,11-,12+,13-,14-,15-,16+,17-,18+,19-,20+,23-,24+,25+,26-;/m1./s1. The normalized spacial score (nSPS) is 34.9. The quantitative estimate of drug-likeness (QED) is 0.0487. The minimum Gasteiger partial charge on any atom is -0.479 e. The monoisotopic (exact) mass is 1290 g/mol. The van der Waals surface area contributed by atoms with Gasteiger partial charge in [0.1, 0.15) is 73.1 Å². The van der Waals surface area contributed by atoms with Gasteiger partial charge in [-0.15, -0.1) is 0 Å². The molecule has 0 aromatic carbocycles. The molecular formula is C36H50N4O37S5. The summed E-state index contributed by atoms with van der Waals surface area (Å²) in [6.07, 6.45) is -45.5. The predicted molar refractivity (Wildman–Crippen MR) is 248 cm³/mol. The third-order valence-electron chi connectivity index (χ3n) is 11.3. The highest BCUT2D eigenvalue weighted by Gasteiger charge is 2.60. The van der Waals surface area contributed by atoms with Crippen molar-refractivity contribution in [1.82, 2.24) is 20.0 Å². The van der Waals surface area contributed by atoms with Crippen LogP contribution in [0.4, 0.5) is 0 Å². The maximum Gasteiger partial charge on any atom is 0.397 e. The number of carbonyl (C=O) groups is 3. The number of nitrogens with zero attached hydrogens (tertiary/aromatic N) is 2. The lowest BCUT2D eigenvalue weighted by Gasteiger charge is -2.50. The molecule has 46 heteroatoms. The zero-order valence-corrected chi connectivity index (χ0v) is 44.7. The minimum atomic E-state index is -6.09. The summed E-state index contributed by atoms with van der Waals surface area (Å²) in [6, 6.07) is 6.64. The Morgan fingerprint density at radius 2 is 1.01 bits per heavy atom. The summed E-state index contributed by atoms with van der Waals surface area (Å²) in [4.78, 5) is 44.8. The number of carboxylic acids is 2. The molecule has 6 rings (SSSR count). The zero-order chi connectivity index (χ0) is 61.6. The molecule has 6 heterocycles. The fourth-order valence-electron chi connectivity index (χ4n) is 8.08. The van der Waals surface area contributed by atoms with Gasteiger partial charge in [-0.25, -0.2) is 26.3 Å². The minimum absolute atomic E-state index is 0.840. The van der Waals surface area contributed by atoms with Crippen LogP contribution in [-0.4, -0.2) is 269 Å². The number of aliphatic hydroxyl groups is 6. The SMILES string of the molecule is CC(=O)N[C@@H]1[C@@H](O)[C@H](O[C@@H]2O[C@H](C(=O)O)[C@@H](O[C@@H]3O[C@H](CO)[C@@H](O[C@H]4O[C@@H](C(=O)O)[C@H](O)[C@@H](O)[C@@H]4OS(=O)(=O)O)[C@H](OS(=O)(=O)O)[C@H]3NS(=O)(=O)O)[C@H](O)[C@H]2OS(=O)(=O)O)[C@H](COS(=O)(=O)O)O[C@H]1O.c1ccc(-c2ccccn2)nc1. The molecule has 82 heavy (non-hydrogen) atoms. The Hall–Kier alpha value is -4.46. The van der Waals surface area contributed by atoms with E-state index in [4.69, 9.17) is 37.7 Å². The number of aromatic nitrogens is 2. The molecule has 41 nitrogen and oxygen atoms in total. The Labute approximate surface area is 461 Å². The fourth-order valence-corrected chi connectivity index (χ4v) is 10.5. The summed E-state index contributed by atoms with van der Waals surface area (Å²) < 4.78 is 222. The third-order valence-corrected chi connectivity index (χ3v) is 13.7. The number of carboxylic acid groups (broad SMARTS) is 2. The number of pyridine rings is 2. The third kappa shape index (κ3) is 19.3. The van der Waals surface area contributed by atoms with Gasteiger partial charge in [0, 0.05) is 19.3 Å². The molecular weight excluding hydrogens is 1240 g/mol. The largest absolute Gasteiger partial charge is 0.479 e. The van der Waals surface area contributed by atoms with Gasteiger partial charge in [-0.3, -0.25) is 37.5 Å². The van der Waals surface area contributed by atoms with Crippen LogP contribution in [0.15, 0.2) is 48.8 Å². The second kappa shape index (κ2) is 27.7. The van der Waals surface area contributed by atoms with Crippen LogP contribution in [0.1, 0.15) is 6.92 Å². The molecule has 0 aliphatic carbocycles. The molecule has 466 valence electrons. The maximum absolute atomic E-state index is 12.7. The lowest BCUT2D eigenvalue weighted by molar-refractivity contribution is -0.366. The van der Waals surface area contributed by atoms with E-state index in [1.165, 1.54) is 4.72 Å². The lowest BCUT2D eigenvalue weighted by atomic mass is 9.94. The topological polar surface area (TPSA) is 636 Å². The second-order valence-corrected chi connectivity index (χ2v) is 22.5. The van der Waals surface area contributed by atoms with Crippen molar-refractivity contribution in [2.24, 2.45) is 0 Å². The van der Waals surface area contributed by atoms with Gasteiger partial charge in [-0.2, -0.15) is 46.8 Å². The first-order chi connectivity index (χ1) is 37.8. The van der Waals surface area contributed by atoms with E-state index in [-0.39, 0.29) is 0 Å². The van der Waals surface area contributed by atoms with Crippen molar-refractivity contribution in [3.05, 3.63) is 48.8 Å². The van der Waals surface area contributed by atoms with Crippen molar-refractivity contribution in [2.45, 2.75) is 130 Å². The van der Waals surface area contributed by atoms with Crippen LogP contribution in [0.3, 0.4) is 0 Å². The van der Waals surface area contributed by atoms with Crippen LogP contribution in [0.5, 0.6) is 0 Å². The van der Waals surface area contributed by atoms with Crippen molar-refractivity contribution in [2.75, 3.05) is 13.2 Å². The highest BCUT2D eigenvalue weighted by atomic mass is 32.3. The molecule has 4 aliphatic rings. The predicted octanol–water partition coefficient (Wildman–Crippen LogP) is -8.57. The summed E-state index contributed by atoms with van der Waals surface area (Å²) in [5, 5.41) is 86.0. The van der Waals surface area contributed by atoms with Crippen molar-refractivity contribution >= 4 is 69.7 Å². The molecule has 2 aromatic rings. The molecule has 0 unspecified atom stereocenters. The molecule has 4 fully saturated rings. The molecule has 15 N–H and O–H groups in total. The highest BCUT2D eigenvalue weighted by Crippen LogP contribution is 2.37. The average molecular weight is 1290 g/mol. The molecule has 4 saturated heterocycles. The van der Waals surface area contributed by atoms with Gasteiger partial charge < -0.3 is 79.3 Å². The number of amides is 1. The zero-order valence-electron chi connectivity index (χ0n) is 40.6. The summed E-state index contributed by atoms with van der Waals surface area (Å²) >= 11 is 0. The van der Waals surface area contributed by atoms with Crippen molar-refractivity contribution in [3.8, 4) is 11.4 Å². The van der Waals surface area contributed by atoms with Gasteiger partial charge in [0.25, 0.3) is 0 Å². The molecule has 0 spiro atoms. The number of carbonyl (C=O) groups excluding carboxylic acids is 1. The van der Waals surface area contributed by atoms with Crippen LogP contribution >= 0.6 is 0 Å². The Balaban J connectivity index is 0.000000899. The van der Waals surface area contributed by atoms with E-state index in [1.54, 1.807) is 12.4 Å². The van der Waals surface area contributed by atoms with Crippen molar-refractivity contribution in [3.63, 3.8) is 0 Å². The number of aliphatic carboxylic acids is 2. The van der Waals surface area contributed by atoms with Gasteiger partial charge in [-0.05, 0) is 24.3 Å². The van der Waals surface area contributed by atoms with Crippen LogP contribution in [0, 0.1) is 0 Å². The van der Waals surface area contributed by atoms with E-state index in [9.17, 15) is 116 Å². The summed E-state index contributed by atoms with van der Waals surface area (Å²) in [5.41, 5.74) is 1.83. The summed E-state index contributed by atoms with van der Waals surface area (Å²) in [5.74, 6) is -5.49. The summed E-state index contributed by atoms with van der Waals surface area (Å²) in [6.45, 7) is -2.24.